The van der Waals surface area contributed by atoms with E-state index < -0.39 is 0 Å². The van der Waals surface area contributed by atoms with Gasteiger partial charge in [-0.15, -0.1) is 0 Å². The number of H-pyrrole nitrogens is 1. The Kier molecular flexibility index (Phi) is 1.71. The van der Waals surface area contributed by atoms with Crippen LogP contribution in [0.25, 0.3) is 11.0 Å². The molecule has 1 N–H and O–H groups in total. The molecule has 0 aliphatic carbocycles. The second-order valence-corrected chi connectivity index (χ2v) is 3.17. The number of hydrogen-bond acceptors (Lipinski definition) is 4. The molecule has 0 bridgehead atoms. The van der Waals surface area contributed by atoms with Gasteiger partial charge < -0.3 is 4.98 Å². The topological polar surface area (TPSA) is 72.3 Å². The minimum atomic E-state index is 0.592. The van der Waals surface area contributed by atoms with Gasteiger partial charge in [0.25, 0.3) is 0 Å². The average Bonchev–Trinajstić information content (AvgIpc) is 2.86. The predicted molar refractivity (Wildman–Crippen MR) is 53.0 cm³/mol. The zero-order valence-electron chi connectivity index (χ0n) is 7.83. The quantitative estimate of drug-likeness (QED) is 0.657. The monoisotopic (exact) mass is 200 g/mol. The molecule has 0 aliphatic heterocycles. The maximum atomic E-state index is 4.40. The summed E-state index contributed by atoms with van der Waals surface area (Å²) in [5.74, 6) is 0.850. The fraction of sp³-hybridized carbons (Fsp3) is 0.111. The van der Waals surface area contributed by atoms with Crippen LogP contribution in [0.3, 0.4) is 0 Å². The van der Waals surface area contributed by atoms with E-state index in [1.165, 1.54) is 6.33 Å². The third-order valence-corrected chi connectivity index (χ3v) is 2.11. The molecule has 3 rings (SSSR count). The lowest BCUT2D eigenvalue weighted by Crippen LogP contribution is -2.01. The first-order valence-corrected chi connectivity index (χ1v) is 4.53. The van der Waals surface area contributed by atoms with Crippen LogP contribution in [0, 0.1) is 0 Å². The van der Waals surface area contributed by atoms with Crippen LogP contribution in [0.5, 0.6) is 0 Å². The molecular weight excluding hydrogens is 192 g/mol. The van der Waals surface area contributed by atoms with E-state index in [1.807, 2.05) is 6.07 Å². The van der Waals surface area contributed by atoms with Crippen molar-refractivity contribution in [1.82, 2.24) is 29.7 Å². The number of rotatable bonds is 2. The molecule has 74 valence electrons. The summed E-state index contributed by atoms with van der Waals surface area (Å²) < 4.78 is 1.71. The van der Waals surface area contributed by atoms with E-state index in [2.05, 4.69) is 25.0 Å². The number of nitrogens with zero attached hydrogens (tertiary/aromatic N) is 5. The SMILES string of the molecule is c1cc2nc(Cn3cncn3)[nH]c2cn1. The minimum absolute atomic E-state index is 0.592. The summed E-state index contributed by atoms with van der Waals surface area (Å²) in [6.45, 7) is 0.592. The summed E-state index contributed by atoms with van der Waals surface area (Å²) in [4.78, 5) is 15.5. The normalized spacial score (nSPS) is 10.9. The molecule has 0 unspecified atom stereocenters. The van der Waals surface area contributed by atoms with Crippen LogP contribution >= 0.6 is 0 Å². The Hall–Kier alpha value is -2.24. The van der Waals surface area contributed by atoms with E-state index in [9.17, 15) is 0 Å². The molecule has 3 aromatic rings. The van der Waals surface area contributed by atoms with Crippen LogP contribution in [0.15, 0.2) is 31.1 Å². The van der Waals surface area contributed by atoms with E-state index in [1.54, 1.807) is 23.4 Å². The van der Waals surface area contributed by atoms with Crippen molar-refractivity contribution in [2.45, 2.75) is 6.54 Å². The van der Waals surface area contributed by atoms with Gasteiger partial charge in [0.1, 0.15) is 25.0 Å². The van der Waals surface area contributed by atoms with Crippen molar-refractivity contribution in [3.63, 3.8) is 0 Å². The zero-order chi connectivity index (χ0) is 10.1. The maximum absolute atomic E-state index is 4.40. The Morgan fingerprint density at radius 1 is 1.33 bits per heavy atom. The third-order valence-electron chi connectivity index (χ3n) is 2.11. The highest BCUT2D eigenvalue weighted by molar-refractivity contribution is 5.73. The van der Waals surface area contributed by atoms with Gasteiger partial charge in [0.05, 0.1) is 17.2 Å². The average molecular weight is 200 g/mol. The number of hydrogen-bond donors (Lipinski definition) is 1. The fourth-order valence-corrected chi connectivity index (χ4v) is 1.45. The number of pyridine rings is 1. The van der Waals surface area contributed by atoms with Gasteiger partial charge in [-0.05, 0) is 6.07 Å². The Morgan fingerprint density at radius 2 is 2.33 bits per heavy atom. The Bertz CT molecular complexity index is 534. The molecule has 0 saturated heterocycles. The number of aromatic nitrogens is 6. The van der Waals surface area contributed by atoms with Gasteiger partial charge in [0.2, 0.25) is 0 Å². The van der Waals surface area contributed by atoms with Gasteiger partial charge in [-0.1, -0.05) is 0 Å². The fourth-order valence-electron chi connectivity index (χ4n) is 1.45. The standard InChI is InChI=1S/C9H8N6/c1-2-10-3-8-7(1)13-9(14-8)4-15-6-11-5-12-15/h1-3,5-6H,4H2,(H,13,14). The van der Waals surface area contributed by atoms with E-state index in [-0.39, 0.29) is 0 Å². The van der Waals surface area contributed by atoms with Crippen molar-refractivity contribution in [3.8, 4) is 0 Å². The molecule has 0 atom stereocenters. The summed E-state index contributed by atoms with van der Waals surface area (Å²) in [6, 6.07) is 1.87. The molecule has 0 aromatic carbocycles. The van der Waals surface area contributed by atoms with Crippen molar-refractivity contribution >= 4 is 11.0 Å². The molecule has 15 heavy (non-hydrogen) atoms. The van der Waals surface area contributed by atoms with Crippen LogP contribution in [-0.4, -0.2) is 29.7 Å². The predicted octanol–water partition coefficient (Wildman–Crippen LogP) is 0.598. The highest BCUT2D eigenvalue weighted by Crippen LogP contribution is 2.08. The smallest absolute Gasteiger partial charge is 0.137 e. The summed E-state index contributed by atoms with van der Waals surface area (Å²) in [5.41, 5.74) is 1.85. The first-order valence-electron chi connectivity index (χ1n) is 4.53. The number of fused-ring (bicyclic) bond motifs is 1. The zero-order valence-corrected chi connectivity index (χ0v) is 7.83. The molecule has 0 amide bonds. The van der Waals surface area contributed by atoms with E-state index in [4.69, 9.17) is 0 Å². The second kappa shape index (κ2) is 3.16. The van der Waals surface area contributed by atoms with Gasteiger partial charge in [0, 0.05) is 6.20 Å². The molecule has 0 fully saturated rings. The Labute approximate surface area is 85.0 Å². The van der Waals surface area contributed by atoms with Gasteiger partial charge in [-0.3, -0.25) is 4.98 Å². The van der Waals surface area contributed by atoms with E-state index in [0.29, 0.717) is 6.54 Å². The van der Waals surface area contributed by atoms with Gasteiger partial charge in [-0.25, -0.2) is 14.6 Å². The molecule has 0 spiro atoms. The molecule has 0 aliphatic rings. The Morgan fingerprint density at radius 3 is 3.13 bits per heavy atom. The van der Waals surface area contributed by atoms with Gasteiger partial charge in [-0.2, -0.15) is 5.10 Å². The lowest BCUT2D eigenvalue weighted by molar-refractivity contribution is 0.661. The summed E-state index contributed by atoms with van der Waals surface area (Å²) in [6.07, 6.45) is 6.64. The highest BCUT2D eigenvalue weighted by Gasteiger charge is 2.02. The van der Waals surface area contributed by atoms with Crippen molar-refractivity contribution in [2.75, 3.05) is 0 Å². The van der Waals surface area contributed by atoms with E-state index >= 15 is 0 Å². The first-order chi connectivity index (χ1) is 7.42. The van der Waals surface area contributed by atoms with Crippen LogP contribution in [0.4, 0.5) is 0 Å². The lowest BCUT2D eigenvalue weighted by atomic mass is 10.4. The molecule has 3 aromatic heterocycles. The summed E-state index contributed by atoms with van der Waals surface area (Å²) in [7, 11) is 0. The molecule has 3 heterocycles. The molecule has 6 nitrogen and oxygen atoms in total. The van der Waals surface area contributed by atoms with Gasteiger partial charge in [0.15, 0.2) is 0 Å². The minimum Gasteiger partial charge on any atom is -0.339 e. The summed E-state index contributed by atoms with van der Waals surface area (Å²) >= 11 is 0. The van der Waals surface area contributed by atoms with Crippen LogP contribution in [-0.2, 0) is 6.54 Å². The number of nitrogens with one attached hydrogen (secondary N) is 1. The van der Waals surface area contributed by atoms with Crippen molar-refractivity contribution in [2.24, 2.45) is 0 Å². The number of imidazole rings is 1. The van der Waals surface area contributed by atoms with Crippen LogP contribution in [0.2, 0.25) is 0 Å². The highest BCUT2D eigenvalue weighted by atomic mass is 15.3. The molecular formula is C9H8N6. The van der Waals surface area contributed by atoms with Crippen molar-refractivity contribution in [3.05, 3.63) is 36.9 Å². The van der Waals surface area contributed by atoms with Crippen molar-refractivity contribution in [1.29, 1.82) is 0 Å². The molecule has 0 radical (unpaired) electrons. The lowest BCUT2D eigenvalue weighted by Gasteiger charge is -1.94. The third kappa shape index (κ3) is 1.45. The first kappa shape index (κ1) is 8.10. The van der Waals surface area contributed by atoms with Crippen molar-refractivity contribution < 1.29 is 0 Å². The van der Waals surface area contributed by atoms with Crippen LogP contribution < -0.4 is 0 Å². The largest absolute Gasteiger partial charge is 0.339 e. The molecule has 6 heteroatoms. The number of aromatic amines is 1. The second-order valence-electron chi connectivity index (χ2n) is 3.17. The van der Waals surface area contributed by atoms with Gasteiger partial charge >= 0.3 is 0 Å². The summed E-state index contributed by atoms with van der Waals surface area (Å²) in [5, 5.41) is 4.01. The van der Waals surface area contributed by atoms with E-state index in [0.717, 1.165) is 16.9 Å². The molecule has 0 saturated carbocycles. The Balaban J connectivity index is 1.98. The van der Waals surface area contributed by atoms with Crippen LogP contribution in [0.1, 0.15) is 5.82 Å². The maximum Gasteiger partial charge on any atom is 0.137 e.